The Morgan fingerprint density at radius 3 is 2.39 bits per heavy atom. The summed E-state index contributed by atoms with van der Waals surface area (Å²) in [6.45, 7) is 6.50. The number of amides is 1. The Morgan fingerprint density at radius 1 is 1.15 bits per heavy atom. The molecule has 2 N–H and O–H groups in total. The first-order valence-corrected chi connectivity index (χ1v) is 11.8. The number of hydrogen-bond acceptors (Lipinski definition) is 4. The third kappa shape index (κ3) is 5.93. The van der Waals surface area contributed by atoms with Gasteiger partial charge in [0.25, 0.3) is 0 Å². The summed E-state index contributed by atoms with van der Waals surface area (Å²) in [6.07, 6.45) is 3.97. The average Bonchev–Trinajstić information content (AvgIpc) is 2.80. The van der Waals surface area contributed by atoms with Crippen LogP contribution in [0.25, 0.3) is 0 Å². The maximum atomic E-state index is 12.3. The highest BCUT2D eigenvalue weighted by molar-refractivity contribution is 5.83. The molecule has 0 aromatic heterocycles. The molecule has 2 aromatic rings. The average molecular weight is 454 g/mol. The number of aliphatic hydroxyl groups excluding tert-OH is 1. The molecule has 0 saturated carbocycles. The number of β-lactam (4-membered cyclic amide) rings is 1. The Bertz CT molecular complexity index is 949. The smallest absolute Gasteiger partial charge is 0.341 e. The minimum Gasteiger partial charge on any atom is -0.482 e. The molecule has 0 radical (unpaired) electrons. The van der Waals surface area contributed by atoms with Crippen molar-refractivity contribution in [3.8, 4) is 5.75 Å². The molecule has 33 heavy (non-hydrogen) atoms. The van der Waals surface area contributed by atoms with Crippen molar-refractivity contribution in [1.29, 1.82) is 0 Å². The molecule has 0 bridgehead atoms. The van der Waals surface area contributed by atoms with E-state index in [0.29, 0.717) is 18.7 Å². The number of likely N-dealkylation sites (tertiary alicyclic amines) is 1. The summed E-state index contributed by atoms with van der Waals surface area (Å²) in [7, 11) is 0. The molecule has 1 aliphatic heterocycles. The first-order valence-electron chi connectivity index (χ1n) is 11.8. The SMILES string of the molecule is CCCC(C)(CCC)C(O)c1ccc([C@H]2CC(=O)N2Cc2cccc(OCC(=O)O)c2)cc1. The van der Waals surface area contributed by atoms with Crippen molar-refractivity contribution in [1.82, 2.24) is 4.90 Å². The Labute approximate surface area is 196 Å². The molecule has 1 saturated heterocycles. The van der Waals surface area contributed by atoms with Gasteiger partial charge in [0.15, 0.2) is 6.61 Å². The largest absolute Gasteiger partial charge is 0.482 e. The third-order valence-electron chi connectivity index (χ3n) is 6.62. The number of carbonyl (C=O) groups is 2. The summed E-state index contributed by atoms with van der Waals surface area (Å²) in [4.78, 5) is 24.9. The van der Waals surface area contributed by atoms with E-state index in [4.69, 9.17) is 9.84 Å². The second kappa shape index (κ2) is 10.8. The molecular formula is C27H35NO5. The van der Waals surface area contributed by atoms with Gasteiger partial charge in [-0.25, -0.2) is 4.79 Å². The second-order valence-electron chi connectivity index (χ2n) is 9.29. The van der Waals surface area contributed by atoms with E-state index >= 15 is 0 Å². The molecule has 1 heterocycles. The van der Waals surface area contributed by atoms with Gasteiger partial charge < -0.3 is 19.8 Å². The Morgan fingerprint density at radius 2 is 1.82 bits per heavy atom. The number of aliphatic carboxylic acids is 1. The van der Waals surface area contributed by atoms with Crippen LogP contribution in [0, 0.1) is 5.41 Å². The number of carboxylic acids is 1. The van der Waals surface area contributed by atoms with Crippen LogP contribution in [0.2, 0.25) is 0 Å². The van der Waals surface area contributed by atoms with E-state index in [-0.39, 0.29) is 17.4 Å². The minimum atomic E-state index is -1.03. The van der Waals surface area contributed by atoms with Gasteiger partial charge in [-0.3, -0.25) is 4.79 Å². The van der Waals surface area contributed by atoms with Crippen molar-refractivity contribution in [3.63, 3.8) is 0 Å². The molecular weight excluding hydrogens is 418 g/mol. The van der Waals surface area contributed by atoms with Gasteiger partial charge in [-0.1, -0.05) is 70.0 Å². The van der Waals surface area contributed by atoms with Crippen LogP contribution in [-0.4, -0.2) is 33.6 Å². The number of carboxylic acid groups (broad SMARTS) is 1. The summed E-state index contributed by atoms with van der Waals surface area (Å²) in [5, 5.41) is 19.9. The van der Waals surface area contributed by atoms with Crippen molar-refractivity contribution >= 4 is 11.9 Å². The number of nitrogens with zero attached hydrogens (tertiary/aromatic N) is 1. The Hall–Kier alpha value is -2.86. The lowest BCUT2D eigenvalue weighted by Crippen LogP contribution is -2.45. The van der Waals surface area contributed by atoms with Crippen molar-refractivity contribution in [3.05, 3.63) is 65.2 Å². The summed E-state index contributed by atoms with van der Waals surface area (Å²) < 4.78 is 5.25. The summed E-state index contributed by atoms with van der Waals surface area (Å²) >= 11 is 0. The van der Waals surface area contributed by atoms with Gasteiger partial charge in [-0.05, 0) is 47.1 Å². The second-order valence-corrected chi connectivity index (χ2v) is 9.29. The van der Waals surface area contributed by atoms with Crippen LogP contribution >= 0.6 is 0 Å². The first-order chi connectivity index (χ1) is 15.8. The maximum Gasteiger partial charge on any atom is 0.341 e. The molecule has 1 amide bonds. The number of hydrogen-bond donors (Lipinski definition) is 2. The highest BCUT2D eigenvalue weighted by Crippen LogP contribution is 2.43. The molecule has 0 aliphatic carbocycles. The van der Waals surface area contributed by atoms with Gasteiger partial charge in [-0.2, -0.15) is 0 Å². The predicted molar refractivity (Wildman–Crippen MR) is 127 cm³/mol. The zero-order valence-corrected chi connectivity index (χ0v) is 19.8. The summed E-state index contributed by atoms with van der Waals surface area (Å²) in [5.74, 6) is -0.476. The standard InChI is InChI=1S/C27H35NO5/c1-4-13-27(3,14-5-2)26(32)21-11-9-20(10-12-21)23-16-24(29)28(23)17-19-7-6-8-22(15-19)33-18-25(30)31/h6-12,15,23,26,32H,4-5,13-14,16-18H2,1-3H3,(H,30,31)/t23-,26?/m1/s1. The molecule has 2 aromatic carbocycles. The molecule has 1 aliphatic rings. The predicted octanol–water partition coefficient (Wildman–Crippen LogP) is 5.26. The van der Waals surface area contributed by atoms with Crippen LogP contribution in [0.3, 0.4) is 0 Å². The monoisotopic (exact) mass is 453 g/mol. The summed E-state index contributed by atoms with van der Waals surface area (Å²) in [5.41, 5.74) is 2.72. The quantitative estimate of drug-likeness (QED) is 0.428. The zero-order chi connectivity index (χ0) is 24.0. The van der Waals surface area contributed by atoms with Crippen molar-refractivity contribution in [2.75, 3.05) is 6.61 Å². The molecule has 3 rings (SSSR count). The Balaban J connectivity index is 1.69. The van der Waals surface area contributed by atoms with Gasteiger partial charge in [0, 0.05) is 6.54 Å². The van der Waals surface area contributed by atoms with Gasteiger partial charge in [0.1, 0.15) is 5.75 Å². The van der Waals surface area contributed by atoms with Crippen LogP contribution < -0.4 is 4.74 Å². The van der Waals surface area contributed by atoms with E-state index in [0.717, 1.165) is 42.4 Å². The third-order valence-corrected chi connectivity index (χ3v) is 6.62. The number of benzene rings is 2. The number of aliphatic hydroxyl groups is 1. The van der Waals surface area contributed by atoms with Gasteiger partial charge >= 0.3 is 5.97 Å². The van der Waals surface area contributed by atoms with E-state index in [1.165, 1.54) is 0 Å². The normalized spacial score (nSPS) is 16.9. The van der Waals surface area contributed by atoms with Gasteiger partial charge in [-0.15, -0.1) is 0 Å². The van der Waals surface area contributed by atoms with Crippen LogP contribution in [0.15, 0.2) is 48.5 Å². The van der Waals surface area contributed by atoms with Gasteiger partial charge in [0.05, 0.1) is 18.6 Å². The van der Waals surface area contributed by atoms with Crippen molar-refractivity contribution < 1.29 is 24.5 Å². The molecule has 1 fully saturated rings. The molecule has 1 unspecified atom stereocenters. The summed E-state index contributed by atoms with van der Waals surface area (Å²) in [6, 6.07) is 15.2. The van der Waals surface area contributed by atoms with E-state index in [1.54, 1.807) is 18.2 Å². The fourth-order valence-corrected chi connectivity index (χ4v) is 4.87. The number of carbonyl (C=O) groups excluding carboxylic acids is 1. The fraction of sp³-hybridized carbons (Fsp3) is 0.481. The molecule has 6 heteroatoms. The van der Waals surface area contributed by atoms with Gasteiger partial charge in [0.2, 0.25) is 5.91 Å². The molecule has 0 spiro atoms. The number of rotatable bonds is 12. The lowest BCUT2D eigenvalue weighted by molar-refractivity contribution is -0.147. The fourth-order valence-electron chi connectivity index (χ4n) is 4.87. The van der Waals surface area contributed by atoms with E-state index < -0.39 is 18.7 Å². The van der Waals surface area contributed by atoms with Crippen LogP contribution in [0.1, 0.15) is 81.7 Å². The lowest BCUT2D eigenvalue weighted by atomic mass is 9.74. The van der Waals surface area contributed by atoms with E-state index in [1.807, 2.05) is 35.2 Å². The van der Waals surface area contributed by atoms with Crippen LogP contribution in [0.5, 0.6) is 5.75 Å². The molecule has 178 valence electrons. The van der Waals surface area contributed by atoms with E-state index in [2.05, 4.69) is 20.8 Å². The highest BCUT2D eigenvalue weighted by atomic mass is 16.5. The highest BCUT2D eigenvalue weighted by Gasteiger charge is 2.37. The first kappa shape index (κ1) is 24.8. The zero-order valence-electron chi connectivity index (χ0n) is 19.8. The van der Waals surface area contributed by atoms with E-state index in [9.17, 15) is 14.7 Å². The lowest BCUT2D eigenvalue weighted by Gasteiger charge is -2.41. The van der Waals surface area contributed by atoms with Crippen LogP contribution in [0.4, 0.5) is 0 Å². The number of ether oxygens (including phenoxy) is 1. The van der Waals surface area contributed by atoms with Crippen LogP contribution in [-0.2, 0) is 16.1 Å². The van der Waals surface area contributed by atoms with Crippen molar-refractivity contribution in [2.45, 2.75) is 71.6 Å². The van der Waals surface area contributed by atoms with Crippen molar-refractivity contribution in [2.24, 2.45) is 5.41 Å². The molecule has 6 nitrogen and oxygen atoms in total. The maximum absolute atomic E-state index is 12.3. The molecule has 2 atom stereocenters. The minimum absolute atomic E-state index is 0.00930. The Kier molecular flexibility index (Phi) is 8.14. The topological polar surface area (TPSA) is 87.1 Å².